The molecule has 2 heteroatoms. The Labute approximate surface area is 135 Å². The maximum Gasteiger partial charge on any atom is 0.227 e. The largest absolute Gasteiger partial charge is 0.342 e. The zero-order valence-electron chi connectivity index (χ0n) is 15.3. The number of likely N-dealkylation sites (tertiary alicyclic amines) is 1. The molecule has 1 aromatic carbocycles. The summed E-state index contributed by atoms with van der Waals surface area (Å²) in [5.74, 6) is 0.930. The molecule has 1 aliphatic rings. The monoisotopic (exact) mass is 301 g/mol. The zero-order valence-corrected chi connectivity index (χ0v) is 15.3. The Balaban J connectivity index is 2.28. The average molecular weight is 301 g/mol. The van der Waals surface area contributed by atoms with E-state index in [1.165, 1.54) is 11.1 Å². The molecule has 1 amide bonds. The van der Waals surface area contributed by atoms with Crippen LogP contribution in [0.1, 0.15) is 65.2 Å². The summed E-state index contributed by atoms with van der Waals surface area (Å²) in [5, 5.41) is 0. The van der Waals surface area contributed by atoms with Gasteiger partial charge in [0.1, 0.15) is 0 Å². The molecule has 1 heterocycles. The molecule has 0 N–H and O–H groups in total. The van der Waals surface area contributed by atoms with E-state index < -0.39 is 0 Å². The van der Waals surface area contributed by atoms with Gasteiger partial charge in [0.2, 0.25) is 5.91 Å². The fourth-order valence-corrected chi connectivity index (χ4v) is 2.85. The molecule has 1 saturated heterocycles. The molecule has 0 aliphatic carbocycles. The number of carbonyl (C=O) groups excluding carboxylic acids is 1. The van der Waals surface area contributed by atoms with Gasteiger partial charge in [0.15, 0.2) is 0 Å². The van der Waals surface area contributed by atoms with E-state index in [9.17, 15) is 4.79 Å². The number of rotatable bonds is 2. The van der Waals surface area contributed by atoms with Crippen LogP contribution < -0.4 is 0 Å². The van der Waals surface area contributed by atoms with Gasteiger partial charge in [-0.2, -0.15) is 0 Å². The highest BCUT2D eigenvalue weighted by Crippen LogP contribution is 2.30. The standard InChI is InChI=1S/C20H31NO/c1-14-12-21(13-14)18(22)10-15-8-16(19(2,3)4)11-17(9-15)20(5,6)7/h8-9,11,14H,10,12-13H2,1-7H3. The van der Waals surface area contributed by atoms with Crippen LogP contribution >= 0.6 is 0 Å². The van der Waals surface area contributed by atoms with Gasteiger partial charge in [-0.3, -0.25) is 4.79 Å². The average Bonchev–Trinajstić information content (AvgIpc) is 2.32. The van der Waals surface area contributed by atoms with Crippen molar-refractivity contribution in [2.24, 2.45) is 5.92 Å². The van der Waals surface area contributed by atoms with Crippen molar-refractivity contribution in [1.82, 2.24) is 4.90 Å². The van der Waals surface area contributed by atoms with Gasteiger partial charge in [0, 0.05) is 13.1 Å². The van der Waals surface area contributed by atoms with E-state index in [1.807, 2.05) is 4.90 Å². The first-order chi connectivity index (χ1) is 9.96. The summed E-state index contributed by atoms with van der Waals surface area (Å²) in [6, 6.07) is 6.74. The van der Waals surface area contributed by atoms with Crippen LogP contribution in [0.4, 0.5) is 0 Å². The summed E-state index contributed by atoms with van der Waals surface area (Å²) in [6.07, 6.45) is 0.528. The molecule has 0 saturated carbocycles. The fraction of sp³-hybridized carbons (Fsp3) is 0.650. The smallest absolute Gasteiger partial charge is 0.227 e. The minimum atomic E-state index is 0.102. The second kappa shape index (κ2) is 5.72. The third-order valence-corrected chi connectivity index (χ3v) is 4.50. The number of carbonyl (C=O) groups is 1. The molecule has 2 rings (SSSR count). The maximum absolute atomic E-state index is 12.4. The zero-order chi connectivity index (χ0) is 16.7. The van der Waals surface area contributed by atoms with Crippen molar-refractivity contribution in [3.63, 3.8) is 0 Å². The van der Waals surface area contributed by atoms with E-state index in [-0.39, 0.29) is 16.7 Å². The van der Waals surface area contributed by atoms with E-state index in [2.05, 4.69) is 66.7 Å². The van der Waals surface area contributed by atoms with Gasteiger partial charge in [0.25, 0.3) is 0 Å². The van der Waals surface area contributed by atoms with Crippen LogP contribution in [0.5, 0.6) is 0 Å². The molecule has 2 nitrogen and oxygen atoms in total. The Bertz CT molecular complexity index is 522. The van der Waals surface area contributed by atoms with Gasteiger partial charge in [-0.1, -0.05) is 66.7 Å². The normalized spacial score (nSPS) is 16.6. The molecule has 0 spiro atoms. The SMILES string of the molecule is CC1CN(C(=O)Cc2cc(C(C)(C)C)cc(C(C)(C)C)c2)C1. The third kappa shape index (κ3) is 3.91. The number of amides is 1. The van der Waals surface area contributed by atoms with Crippen LogP contribution in [0.25, 0.3) is 0 Å². The van der Waals surface area contributed by atoms with Crippen molar-refractivity contribution in [3.05, 3.63) is 34.9 Å². The molecule has 0 bridgehead atoms. The van der Waals surface area contributed by atoms with Crippen molar-refractivity contribution < 1.29 is 4.79 Å². The predicted molar refractivity (Wildman–Crippen MR) is 93.3 cm³/mol. The van der Waals surface area contributed by atoms with E-state index in [4.69, 9.17) is 0 Å². The van der Waals surface area contributed by atoms with Gasteiger partial charge in [0.05, 0.1) is 6.42 Å². The van der Waals surface area contributed by atoms with E-state index in [0.717, 1.165) is 18.7 Å². The Morgan fingerprint density at radius 2 is 1.45 bits per heavy atom. The van der Waals surface area contributed by atoms with E-state index in [1.54, 1.807) is 0 Å². The highest BCUT2D eigenvalue weighted by atomic mass is 16.2. The minimum Gasteiger partial charge on any atom is -0.342 e. The molecule has 1 fully saturated rings. The minimum absolute atomic E-state index is 0.102. The summed E-state index contributed by atoms with van der Waals surface area (Å²) >= 11 is 0. The Morgan fingerprint density at radius 1 is 1.00 bits per heavy atom. The second-order valence-corrected chi connectivity index (χ2v) is 9.00. The predicted octanol–water partition coefficient (Wildman–Crippen LogP) is 4.30. The topological polar surface area (TPSA) is 20.3 Å². The second-order valence-electron chi connectivity index (χ2n) is 9.00. The Hall–Kier alpha value is -1.31. The Kier molecular flexibility index (Phi) is 4.43. The van der Waals surface area contributed by atoms with Crippen molar-refractivity contribution in [2.45, 2.75) is 65.7 Å². The van der Waals surface area contributed by atoms with Crippen LogP contribution in [0, 0.1) is 5.92 Å². The highest BCUT2D eigenvalue weighted by Gasteiger charge is 2.27. The molecule has 0 radical (unpaired) electrons. The lowest BCUT2D eigenvalue weighted by molar-refractivity contribution is -0.136. The molecule has 1 aromatic rings. The first-order valence-electron chi connectivity index (χ1n) is 8.39. The van der Waals surface area contributed by atoms with Gasteiger partial charge >= 0.3 is 0 Å². The van der Waals surface area contributed by atoms with Crippen molar-refractivity contribution in [1.29, 1.82) is 0 Å². The van der Waals surface area contributed by atoms with Gasteiger partial charge in [-0.25, -0.2) is 0 Å². The summed E-state index contributed by atoms with van der Waals surface area (Å²) in [4.78, 5) is 14.4. The summed E-state index contributed by atoms with van der Waals surface area (Å²) in [6.45, 7) is 17.4. The first-order valence-corrected chi connectivity index (χ1v) is 8.39. The Morgan fingerprint density at radius 3 is 1.82 bits per heavy atom. The van der Waals surface area contributed by atoms with Crippen LogP contribution in [0.3, 0.4) is 0 Å². The molecular formula is C20H31NO. The number of hydrogen-bond donors (Lipinski definition) is 0. The molecular weight excluding hydrogens is 270 g/mol. The first kappa shape index (κ1) is 17.1. The van der Waals surface area contributed by atoms with Crippen molar-refractivity contribution in [3.8, 4) is 0 Å². The van der Waals surface area contributed by atoms with E-state index in [0.29, 0.717) is 12.3 Å². The van der Waals surface area contributed by atoms with Gasteiger partial charge < -0.3 is 4.90 Å². The lowest BCUT2D eigenvalue weighted by Crippen LogP contribution is -2.49. The van der Waals surface area contributed by atoms with Crippen LogP contribution in [0.2, 0.25) is 0 Å². The molecule has 0 unspecified atom stereocenters. The maximum atomic E-state index is 12.4. The number of benzene rings is 1. The highest BCUT2D eigenvalue weighted by molar-refractivity contribution is 5.79. The number of hydrogen-bond acceptors (Lipinski definition) is 1. The van der Waals surface area contributed by atoms with Crippen molar-refractivity contribution >= 4 is 5.91 Å². The lowest BCUT2D eigenvalue weighted by Gasteiger charge is -2.37. The number of nitrogens with zero attached hydrogens (tertiary/aromatic N) is 1. The summed E-state index contributed by atoms with van der Waals surface area (Å²) < 4.78 is 0. The van der Waals surface area contributed by atoms with Crippen molar-refractivity contribution in [2.75, 3.05) is 13.1 Å². The van der Waals surface area contributed by atoms with Crippen LogP contribution in [0.15, 0.2) is 18.2 Å². The van der Waals surface area contributed by atoms with Gasteiger partial charge in [-0.05, 0) is 33.4 Å². The molecule has 1 aliphatic heterocycles. The van der Waals surface area contributed by atoms with Gasteiger partial charge in [-0.15, -0.1) is 0 Å². The third-order valence-electron chi connectivity index (χ3n) is 4.50. The quantitative estimate of drug-likeness (QED) is 0.797. The van der Waals surface area contributed by atoms with Crippen LogP contribution in [-0.4, -0.2) is 23.9 Å². The summed E-state index contributed by atoms with van der Waals surface area (Å²) in [5.41, 5.74) is 4.00. The molecule has 122 valence electrons. The molecule has 22 heavy (non-hydrogen) atoms. The fourth-order valence-electron chi connectivity index (χ4n) is 2.85. The molecule has 0 atom stereocenters. The van der Waals surface area contributed by atoms with E-state index >= 15 is 0 Å². The molecule has 0 aromatic heterocycles. The summed E-state index contributed by atoms with van der Waals surface area (Å²) in [7, 11) is 0. The van der Waals surface area contributed by atoms with Crippen LogP contribution in [-0.2, 0) is 22.0 Å². The lowest BCUT2D eigenvalue weighted by atomic mass is 9.79.